The number of anilines is 1. The van der Waals surface area contributed by atoms with E-state index < -0.39 is 21.1 Å². The maximum Gasteiger partial charge on any atom is 0.235 e. The highest BCUT2D eigenvalue weighted by atomic mass is 32.2. The van der Waals surface area contributed by atoms with E-state index in [4.69, 9.17) is 5.11 Å². The first-order valence-electron chi connectivity index (χ1n) is 5.77. The Kier molecular flexibility index (Phi) is 5.33. The van der Waals surface area contributed by atoms with Crippen LogP contribution in [0.15, 0.2) is 18.2 Å². The van der Waals surface area contributed by atoms with E-state index in [1.807, 2.05) is 0 Å². The number of aliphatic hydroxyl groups excluding tert-OH is 1. The maximum absolute atomic E-state index is 13.7. The maximum atomic E-state index is 13.7. The minimum absolute atomic E-state index is 0.0538. The van der Waals surface area contributed by atoms with Crippen molar-refractivity contribution in [1.82, 2.24) is 0 Å². The summed E-state index contributed by atoms with van der Waals surface area (Å²) in [5.41, 5.74) is 0.333. The highest BCUT2D eigenvalue weighted by Crippen LogP contribution is 2.18. The molecule has 0 aliphatic heterocycles. The molecule has 4 nitrogen and oxygen atoms in total. The molecule has 0 unspecified atom stereocenters. The number of aliphatic hydroxyl groups is 1. The molecule has 0 fully saturated rings. The van der Waals surface area contributed by atoms with Crippen LogP contribution in [0, 0.1) is 17.7 Å². The van der Waals surface area contributed by atoms with Gasteiger partial charge in [-0.05, 0) is 32.0 Å². The predicted molar refractivity (Wildman–Crippen MR) is 72.7 cm³/mol. The Labute approximate surface area is 112 Å². The van der Waals surface area contributed by atoms with E-state index in [0.717, 1.165) is 6.07 Å². The van der Waals surface area contributed by atoms with Gasteiger partial charge in [0.2, 0.25) is 10.0 Å². The van der Waals surface area contributed by atoms with Crippen LogP contribution in [-0.4, -0.2) is 25.4 Å². The standard InChI is InChI=1S/C13H16FNO3S/c1-10(2)19(17,18)15-13-7-6-11(9-12(13)14)5-3-4-8-16/h6-7,9-10,15-16H,4,8H2,1-2H3. The number of hydrogen-bond donors (Lipinski definition) is 2. The Hall–Kier alpha value is -1.58. The molecule has 0 radical (unpaired) electrons. The Morgan fingerprint density at radius 1 is 1.42 bits per heavy atom. The first kappa shape index (κ1) is 15.5. The van der Waals surface area contributed by atoms with Crippen LogP contribution < -0.4 is 4.72 Å². The molecule has 0 atom stereocenters. The third-order valence-corrected chi connectivity index (χ3v) is 4.06. The molecule has 0 heterocycles. The largest absolute Gasteiger partial charge is 0.395 e. The molecule has 104 valence electrons. The van der Waals surface area contributed by atoms with Gasteiger partial charge in [0.25, 0.3) is 0 Å². The van der Waals surface area contributed by atoms with Crippen LogP contribution in [0.5, 0.6) is 0 Å². The van der Waals surface area contributed by atoms with Gasteiger partial charge in [-0.15, -0.1) is 0 Å². The zero-order valence-corrected chi connectivity index (χ0v) is 11.6. The molecule has 19 heavy (non-hydrogen) atoms. The van der Waals surface area contributed by atoms with Gasteiger partial charge in [-0.1, -0.05) is 11.8 Å². The second kappa shape index (κ2) is 6.55. The van der Waals surface area contributed by atoms with Crippen molar-refractivity contribution in [2.75, 3.05) is 11.3 Å². The lowest BCUT2D eigenvalue weighted by molar-refractivity contribution is 0.305. The van der Waals surface area contributed by atoms with Gasteiger partial charge in [0, 0.05) is 12.0 Å². The molecule has 0 aliphatic carbocycles. The Morgan fingerprint density at radius 2 is 2.11 bits per heavy atom. The molecule has 0 saturated carbocycles. The first-order valence-corrected chi connectivity index (χ1v) is 7.32. The summed E-state index contributed by atoms with van der Waals surface area (Å²) < 4.78 is 39.1. The van der Waals surface area contributed by atoms with Crippen LogP contribution in [0.2, 0.25) is 0 Å². The van der Waals surface area contributed by atoms with Crippen molar-refractivity contribution in [3.05, 3.63) is 29.6 Å². The zero-order valence-electron chi connectivity index (χ0n) is 10.8. The number of sulfonamides is 1. The molecule has 0 aliphatic rings. The van der Waals surface area contributed by atoms with E-state index in [1.54, 1.807) is 0 Å². The van der Waals surface area contributed by atoms with Gasteiger partial charge < -0.3 is 5.11 Å². The van der Waals surface area contributed by atoms with Gasteiger partial charge in [0.1, 0.15) is 5.82 Å². The second-order valence-electron chi connectivity index (χ2n) is 4.17. The summed E-state index contributed by atoms with van der Waals surface area (Å²) in [5, 5.41) is 7.93. The molecular formula is C13H16FNO3S. The number of benzene rings is 1. The van der Waals surface area contributed by atoms with Gasteiger partial charge in [0.15, 0.2) is 0 Å². The lowest BCUT2D eigenvalue weighted by Crippen LogP contribution is -2.23. The van der Waals surface area contributed by atoms with Crippen LogP contribution in [0.3, 0.4) is 0 Å². The van der Waals surface area contributed by atoms with Gasteiger partial charge >= 0.3 is 0 Å². The number of nitrogens with one attached hydrogen (secondary N) is 1. The summed E-state index contributed by atoms with van der Waals surface area (Å²) in [7, 11) is -3.57. The molecule has 0 spiro atoms. The lowest BCUT2D eigenvalue weighted by Gasteiger charge is -2.11. The first-order chi connectivity index (χ1) is 8.86. The van der Waals surface area contributed by atoms with Crippen LogP contribution in [0.4, 0.5) is 10.1 Å². The monoisotopic (exact) mass is 285 g/mol. The number of hydrogen-bond acceptors (Lipinski definition) is 3. The molecule has 1 rings (SSSR count). The number of halogens is 1. The van der Waals surface area contributed by atoms with Crippen LogP contribution >= 0.6 is 0 Å². The lowest BCUT2D eigenvalue weighted by atomic mass is 10.2. The van der Waals surface area contributed by atoms with Crippen LogP contribution in [0.1, 0.15) is 25.8 Å². The Morgan fingerprint density at radius 3 is 2.63 bits per heavy atom. The molecule has 2 N–H and O–H groups in total. The van der Waals surface area contributed by atoms with Crippen molar-refractivity contribution in [3.8, 4) is 11.8 Å². The molecule has 0 saturated heterocycles. The average Bonchev–Trinajstić information content (AvgIpc) is 2.32. The van der Waals surface area contributed by atoms with Crippen molar-refractivity contribution < 1.29 is 17.9 Å². The van der Waals surface area contributed by atoms with Crippen LogP contribution in [0.25, 0.3) is 0 Å². The van der Waals surface area contributed by atoms with Crippen LogP contribution in [-0.2, 0) is 10.0 Å². The summed E-state index contributed by atoms with van der Waals surface area (Å²) in [6, 6.07) is 4.01. The summed E-state index contributed by atoms with van der Waals surface area (Å²) in [4.78, 5) is 0. The van der Waals surface area contributed by atoms with E-state index in [9.17, 15) is 12.8 Å². The van der Waals surface area contributed by atoms with E-state index in [0.29, 0.717) is 12.0 Å². The fourth-order valence-electron chi connectivity index (χ4n) is 1.17. The van der Waals surface area contributed by atoms with Crippen molar-refractivity contribution in [3.63, 3.8) is 0 Å². The molecule has 6 heteroatoms. The van der Waals surface area contributed by atoms with E-state index in [-0.39, 0.29) is 12.3 Å². The van der Waals surface area contributed by atoms with Crippen molar-refractivity contribution >= 4 is 15.7 Å². The minimum Gasteiger partial charge on any atom is -0.395 e. The summed E-state index contributed by atoms with van der Waals surface area (Å²) in [6.07, 6.45) is 0.309. The Bertz CT molecular complexity index is 600. The SMILES string of the molecule is CC(C)S(=O)(=O)Nc1ccc(C#CCCO)cc1F. The summed E-state index contributed by atoms with van der Waals surface area (Å²) >= 11 is 0. The van der Waals surface area contributed by atoms with Gasteiger partial charge in [-0.25, -0.2) is 12.8 Å². The predicted octanol–water partition coefficient (Wildman–Crippen LogP) is 1.71. The van der Waals surface area contributed by atoms with Gasteiger partial charge in [-0.3, -0.25) is 4.72 Å². The average molecular weight is 285 g/mol. The number of rotatable bonds is 4. The normalized spacial score (nSPS) is 11.0. The molecular weight excluding hydrogens is 269 g/mol. The van der Waals surface area contributed by atoms with E-state index in [2.05, 4.69) is 16.6 Å². The quantitative estimate of drug-likeness (QED) is 0.828. The molecule has 1 aromatic rings. The van der Waals surface area contributed by atoms with Crippen molar-refractivity contribution in [2.24, 2.45) is 0 Å². The topological polar surface area (TPSA) is 66.4 Å². The van der Waals surface area contributed by atoms with Crippen molar-refractivity contribution in [2.45, 2.75) is 25.5 Å². The molecule has 0 amide bonds. The van der Waals surface area contributed by atoms with E-state index >= 15 is 0 Å². The van der Waals surface area contributed by atoms with Crippen molar-refractivity contribution in [1.29, 1.82) is 0 Å². The minimum atomic E-state index is -3.57. The summed E-state index contributed by atoms with van der Waals surface area (Å²) in [6.45, 7) is 2.96. The van der Waals surface area contributed by atoms with Gasteiger partial charge in [0.05, 0.1) is 17.5 Å². The fourth-order valence-corrected chi connectivity index (χ4v) is 1.87. The third-order valence-electron chi connectivity index (χ3n) is 2.31. The fraction of sp³-hybridized carbons (Fsp3) is 0.385. The Balaban J connectivity index is 2.94. The highest BCUT2D eigenvalue weighted by molar-refractivity contribution is 7.93. The third kappa shape index (κ3) is 4.54. The summed E-state index contributed by atoms with van der Waals surface area (Å²) in [5.74, 6) is 4.65. The van der Waals surface area contributed by atoms with E-state index in [1.165, 1.54) is 26.0 Å². The van der Waals surface area contributed by atoms with Gasteiger partial charge in [-0.2, -0.15) is 0 Å². The molecule has 0 aromatic heterocycles. The molecule has 1 aromatic carbocycles. The second-order valence-corrected chi connectivity index (χ2v) is 6.40. The highest BCUT2D eigenvalue weighted by Gasteiger charge is 2.17. The molecule has 0 bridgehead atoms. The zero-order chi connectivity index (χ0) is 14.5. The smallest absolute Gasteiger partial charge is 0.235 e.